The van der Waals surface area contributed by atoms with Crippen LogP contribution in [0.15, 0.2) is 17.3 Å². The van der Waals surface area contributed by atoms with Gasteiger partial charge in [-0.05, 0) is 12.5 Å². The third-order valence-corrected chi connectivity index (χ3v) is 4.46. The fourth-order valence-electron chi connectivity index (χ4n) is 3.01. The first-order valence-corrected chi connectivity index (χ1v) is 9.77. The highest BCUT2D eigenvalue weighted by molar-refractivity contribution is 5.71. The zero-order valence-electron chi connectivity index (χ0n) is 14.8. The van der Waals surface area contributed by atoms with E-state index < -0.39 is 0 Å². The molecule has 0 fully saturated rings. The van der Waals surface area contributed by atoms with E-state index in [9.17, 15) is 0 Å². The van der Waals surface area contributed by atoms with Crippen LogP contribution in [-0.4, -0.2) is 12.4 Å². The molecule has 2 nitrogen and oxygen atoms in total. The smallest absolute Gasteiger partial charge is 0.188 e. The van der Waals surface area contributed by atoms with E-state index in [1.54, 1.807) is 6.26 Å². The first-order valence-electron chi connectivity index (χ1n) is 9.77. The van der Waals surface area contributed by atoms with Crippen LogP contribution in [0.4, 0.5) is 0 Å². The zero-order valence-corrected chi connectivity index (χ0v) is 14.8. The minimum absolute atomic E-state index is 0.0855. The van der Waals surface area contributed by atoms with Crippen LogP contribution in [0.1, 0.15) is 103 Å². The van der Waals surface area contributed by atoms with Crippen LogP contribution < -0.4 is 0 Å². The van der Waals surface area contributed by atoms with Gasteiger partial charge in [-0.15, -0.1) is 0 Å². The van der Waals surface area contributed by atoms with Gasteiger partial charge >= 0.3 is 0 Å². The molecule has 1 atom stereocenters. The van der Waals surface area contributed by atoms with Crippen LogP contribution in [0, 0.1) is 0 Å². The lowest BCUT2D eigenvalue weighted by Gasteiger charge is -2.13. The molecule has 0 saturated heterocycles. The van der Waals surface area contributed by atoms with E-state index in [4.69, 9.17) is 4.74 Å². The molecule has 0 aromatic rings. The monoisotopic (exact) mass is 307 g/mol. The zero-order chi connectivity index (χ0) is 15.7. The molecule has 0 saturated carbocycles. The first-order chi connectivity index (χ1) is 10.9. The number of hydrogen-bond acceptors (Lipinski definition) is 2. The largest absolute Gasteiger partial charge is 0.476 e. The summed E-state index contributed by atoms with van der Waals surface area (Å²) in [6.07, 6.45) is 26.3. The Hall–Kier alpha value is -0.790. The Labute approximate surface area is 138 Å². The Balaban J connectivity index is 1.69. The van der Waals surface area contributed by atoms with Crippen LogP contribution in [0.2, 0.25) is 0 Å². The van der Waals surface area contributed by atoms with Crippen molar-refractivity contribution in [3.05, 3.63) is 12.3 Å². The number of nitrogens with zero attached hydrogens (tertiary/aromatic N) is 1. The van der Waals surface area contributed by atoms with E-state index in [0.717, 1.165) is 6.42 Å². The van der Waals surface area contributed by atoms with Crippen LogP contribution >= 0.6 is 0 Å². The maximum atomic E-state index is 5.41. The highest BCUT2D eigenvalue weighted by atomic mass is 16.5. The maximum absolute atomic E-state index is 5.41. The molecular formula is C20H37NO. The van der Waals surface area contributed by atoms with Crippen LogP contribution in [0.5, 0.6) is 0 Å². The molecule has 1 heterocycles. The first kappa shape index (κ1) is 19.3. The number of unbranched alkanes of at least 4 members (excludes halogenated alkanes) is 13. The third kappa shape index (κ3) is 11.8. The summed E-state index contributed by atoms with van der Waals surface area (Å²) in [6, 6.07) is 0. The van der Waals surface area contributed by atoms with E-state index in [0.29, 0.717) is 0 Å². The number of aliphatic imine (C=N–C) groups is 1. The summed E-state index contributed by atoms with van der Waals surface area (Å²) in [5.74, 6) is 0. The minimum Gasteiger partial charge on any atom is -0.476 e. The number of allylic oxidation sites excluding steroid dienone is 1. The Kier molecular flexibility index (Phi) is 13.2. The van der Waals surface area contributed by atoms with Gasteiger partial charge in [-0.2, -0.15) is 0 Å². The van der Waals surface area contributed by atoms with Gasteiger partial charge in [-0.3, -0.25) is 4.99 Å². The van der Waals surface area contributed by atoms with E-state index in [1.807, 2.05) is 12.3 Å². The van der Waals surface area contributed by atoms with Gasteiger partial charge in [0.25, 0.3) is 0 Å². The molecular weight excluding hydrogens is 270 g/mol. The summed E-state index contributed by atoms with van der Waals surface area (Å²) < 4.78 is 5.41. The predicted molar refractivity (Wildman–Crippen MR) is 97.4 cm³/mol. The Morgan fingerprint density at radius 1 is 0.727 bits per heavy atom. The Morgan fingerprint density at radius 3 is 1.68 bits per heavy atom. The lowest BCUT2D eigenvalue weighted by atomic mass is 10.0. The molecule has 0 aromatic heterocycles. The fourth-order valence-corrected chi connectivity index (χ4v) is 3.01. The second-order valence-corrected chi connectivity index (χ2v) is 6.60. The van der Waals surface area contributed by atoms with Gasteiger partial charge in [-0.1, -0.05) is 90.4 Å². The van der Waals surface area contributed by atoms with Crippen molar-refractivity contribution in [2.24, 2.45) is 4.99 Å². The van der Waals surface area contributed by atoms with Crippen LogP contribution in [0.3, 0.4) is 0 Å². The van der Waals surface area contributed by atoms with E-state index in [-0.39, 0.29) is 6.23 Å². The van der Waals surface area contributed by atoms with Gasteiger partial charge in [0.15, 0.2) is 6.23 Å². The van der Waals surface area contributed by atoms with E-state index in [1.165, 1.54) is 89.9 Å². The standard InChI is InChI=1S/C20H37NO/c1-2-3-4-5-6-7-8-9-10-11-12-13-14-15-17-20-21-18-16-19-22-20/h16,18-20H,2-15,17H2,1H3. The van der Waals surface area contributed by atoms with Crippen molar-refractivity contribution < 1.29 is 4.74 Å². The van der Waals surface area contributed by atoms with Crippen molar-refractivity contribution in [3.8, 4) is 0 Å². The molecule has 0 N–H and O–H groups in total. The second kappa shape index (κ2) is 15.1. The molecule has 0 aliphatic carbocycles. The maximum Gasteiger partial charge on any atom is 0.188 e. The van der Waals surface area contributed by atoms with Crippen molar-refractivity contribution in [2.45, 2.75) is 109 Å². The number of ether oxygens (including phenoxy) is 1. The normalized spacial score (nSPS) is 16.9. The van der Waals surface area contributed by atoms with Crippen molar-refractivity contribution in [2.75, 3.05) is 0 Å². The molecule has 1 rings (SSSR count). The van der Waals surface area contributed by atoms with Gasteiger partial charge in [0.1, 0.15) is 0 Å². The fraction of sp³-hybridized carbons (Fsp3) is 0.850. The summed E-state index contributed by atoms with van der Waals surface area (Å²) >= 11 is 0. The molecule has 1 aliphatic heterocycles. The quantitative estimate of drug-likeness (QED) is 0.305. The average molecular weight is 308 g/mol. The highest BCUT2D eigenvalue weighted by Crippen LogP contribution is 2.15. The summed E-state index contributed by atoms with van der Waals surface area (Å²) in [7, 11) is 0. The van der Waals surface area contributed by atoms with Gasteiger partial charge in [-0.25, -0.2) is 0 Å². The average Bonchev–Trinajstić information content (AvgIpc) is 2.56. The van der Waals surface area contributed by atoms with Gasteiger partial charge in [0.2, 0.25) is 0 Å². The summed E-state index contributed by atoms with van der Waals surface area (Å²) in [5, 5.41) is 0. The SMILES string of the molecule is CCCCCCCCCCCCCCCCC1N=CC=CO1. The molecule has 2 heteroatoms. The molecule has 0 amide bonds. The lowest BCUT2D eigenvalue weighted by Crippen LogP contribution is -2.08. The molecule has 0 radical (unpaired) electrons. The van der Waals surface area contributed by atoms with Crippen molar-refractivity contribution in [1.29, 1.82) is 0 Å². The van der Waals surface area contributed by atoms with E-state index >= 15 is 0 Å². The number of hydrogen-bond donors (Lipinski definition) is 0. The molecule has 22 heavy (non-hydrogen) atoms. The summed E-state index contributed by atoms with van der Waals surface area (Å²) in [4.78, 5) is 4.29. The lowest BCUT2D eigenvalue weighted by molar-refractivity contribution is 0.138. The highest BCUT2D eigenvalue weighted by Gasteiger charge is 2.05. The molecule has 1 unspecified atom stereocenters. The van der Waals surface area contributed by atoms with E-state index in [2.05, 4.69) is 11.9 Å². The number of rotatable bonds is 15. The molecule has 0 aromatic carbocycles. The van der Waals surface area contributed by atoms with Crippen molar-refractivity contribution in [3.63, 3.8) is 0 Å². The van der Waals surface area contributed by atoms with Gasteiger partial charge < -0.3 is 4.74 Å². The molecule has 0 spiro atoms. The summed E-state index contributed by atoms with van der Waals surface area (Å²) in [5.41, 5.74) is 0. The predicted octanol–water partition coefficient (Wildman–Crippen LogP) is 6.80. The third-order valence-electron chi connectivity index (χ3n) is 4.46. The summed E-state index contributed by atoms with van der Waals surface area (Å²) in [6.45, 7) is 2.29. The molecule has 1 aliphatic rings. The van der Waals surface area contributed by atoms with Crippen molar-refractivity contribution >= 4 is 6.21 Å². The second-order valence-electron chi connectivity index (χ2n) is 6.60. The molecule has 0 bridgehead atoms. The van der Waals surface area contributed by atoms with Gasteiger partial charge in [0, 0.05) is 12.6 Å². The Morgan fingerprint density at radius 2 is 1.23 bits per heavy atom. The topological polar surface area (TPSA) is 21.6 Å². The molecule has 128 valence electrons. The van der Waals surface area contributed by atoms with Crippen LogP contribution in [-0.2, 0) is 4.74 Å². The minimum atomic E-state index is 0.0855. The Bertz CT molecular complexity index is 285. The van der Waals surface area contributed by atoms with Gasteiger partial charge in [0.05, 0.1) is 6.26 Å². The van der Waals surface area contributed by atoms with Crippen molar-refractivity contribution in [1.82, 2.24) is 0 Å². The van der Waals surface area contributed by atoms with Crippen LogP contribution in [0.25, 0.3) is 0 Å².